The molecule has 0 unspecified atom stereocenters. The number of nitrogens with one attached hydrogen (secondary N) is 1. The van der Waals surface area contributed by atoms with Crippen LogP contribution in [-0.4, -0.2) is 38.4 Å². The fourth-order valence-corrected chi connectivity index (χ4v) is 2.61. The highest BCUT2D eigenvalue weighted by atomic mass is 16.6. The highest BCUT2D eigenvalue weighted by Gasteiger charge is 2.04. The van der Waals surface area contributed by atoms with E-state index in [1.807, 2.05) is 30.3 Å². The third-order valence-corrected chi connectivity index (χ3v) is 4.20. The number of carbonyl (C=O) groups is 2. The Balaban J connectivity index is 1.85. The number of rotatable bonds is 16. The molecule has 0 saturated carbocycles. The average Bonchev–Trinajstić information content (AvgIpc) is 2.71. The van der Waals surface area contributed by atoms with E-state index in [-0.39, 0.29) is 19.2 Å². The predicted octanol–water partition coefficient (Wildman–Crippen LogP) is 4.61. The van der Waals surface area contributed by atoms with Crippen LogP contribution in [0.15, 0.2) is 30.3 Å². The van der Waals surface area contributed by atoms with E-state index in [2.05, 4.69) is 12.2 Å². The van der Waals surface area contributed by atoms with Crippen LogP contribution in [0, 0.1) is 0 Å². The minimum absolute atomic E-state index is 0.167. The van der Waals surface area contributed by atoms with Gasteiger partial charge in [0.25, 0.3) is 0 Å². The summed E-state index contributed by atoms with van der Waals surface area (Å²) in [7, 11) is 0. The van der Waals surface area contributed by atoms with Crippen molar-refractivity contribution in [2.24, 2.45) is 0 Å². The van der Waals surface area contributed by atoms with E-state index in [1.165, 1.54) is 32.1 Å². The molecule has 6 nitrogen and oxygen atoms in total. The molecule has 0 spiro atoms. The molecular formula is C22H35NO5. The monoisotopic (exact) mass is 393 g/mol. The smallest absolute Gasteiger partial charge is 0.407 e. The first-order valence-corrected chi connectivity index (χ1v) is 10.4. The lowest BCUT2D eigenvalue weighted by molar-refractivity contribution is -0.145. The predicted molar refractivity (Wildman–Crippen MR) is 109 cm³/mol. The minimum atomic E-state index is -0.478. The largest absolute Gasteiger partial charge is 0.463 e. The number of benzene rings is 1. The van der Waals surface area contributed by atoms with Crippen LogP contribution in [0.2, 0.25) is 0 Å². The van der Waals surface area contributed by atoms with Crippen molar-refractivity contribution in [2.75, 3.05) is 26.4 Å². The van der Waals surface area contributed by atoms with E-state index in [0.717, 1.165) is 18.4 Å². The highest BCUT2D eigenvalue weighted by Crippen LogP contribution is 2.08. The molecule has 0 aliphatic carbocycles. The second-order valence-corrected chi connectivity index (χ2v) is 6.69. The van der Waals surface area contributed by atoms with Crippen molar-refractivity contribution in [1.82, 2.24) is 5.32 Å². The molecule has 1 rings (SSSR count). The van der Waals surface area contributed by atoms with Crippen molar-refractivity contribution in [3.63, 3.8) is 0 Å². The van der Waals surface area contributed by atoms with Crippen LogP contribution in [-0.2, 0) is 25.6 Å². The average molecular weight is 394 g/mol. The molecule has 1 aromatic rings. The molecule has 1 amide bonds. The Bertz CT molecular complexity index is 521. The van der Waals surface area contributed by atoms with Crippen LogP contribution in [0.25, 0.3) is 0 Å². The summed E-state index contributed by atoms with van der Waals surface area (Å²) in [6, 6.07) is 9.49. The Morgan fingerprint density at radius 2 is 1.57 bits per heavy atom. The van der Waals surface area contributed by atoms with Crippen LogP contribution in [0.1, 0.15) is 63.9 Å². The number of alkyl carbamates (subject to hydrolysis) is 1. The zero-order chi connectivity index (χ0) is 20.3. The van der Waals surface area contributed by atoms with Gasteiger partial charge < -0.3 is 19.5 Å². The Morgan fingerprint density at radius 1 is 0.857 bits per heavy atom. The Morgan fingerprint density at radius 3 is 2.32 bits per heavy atom. The molecule has 0 aromatic heterocycles. The molecule has 6 heteroatoms. The molecule has 0 fully saturated rings. The van der Waals surface area contributed by atoms with Crippen LogP contribution < -0.4 is 5.32 Å². The van der Waals surface area contributed by atoms with Crippen molar-refractivity contribution in [3.05, 3.63) is 35.9 Å². The molecule has 0 atom stereocenters. The lowest BCUT2D eigenvalue weighted by Crippen LogP contribution is -2.28. The van der Waals surface area contributed by atoms with Gasteiger partial charge >= 0.3 is 12.1 Å². The number of unbranched alkanes of at least 4 members (excludes halogenated alkanes) is 6. The lowest BCUT2D eigenvalue weighted by atomic mass is 10.1. The van der Waals surface area contributed by atoms with Gasteiger partial charge in [0.05, 0.1) is 13.2 Å². The molecule has 0 heterocycles. The molecule has 1 N–H and O–H groups in total. The molecule has 0 bridgehead atoms. The summed E-state index contributed by atoms with van der Waals surface area (Å²) in [5.41, 5.74) is 0.937. The normalized spacial score (nSPS) is 10.5. The van der Waals surface area contributed by atoms with Crippen molar-refractivity contribution in [1.29, 1.82) is 0 Å². The van der Waals surface area contributed by atoms with Gasteiger partial charge in [-0.3, -0.25) is 4.79 Å². The summed E-state index contributed by atoms with van der Waals surface area (Å²) in [6.07, 6.45) is 8.26. The number of carbonyl (C=O) groups excluding carboxylic acids is 2. The number of hydrogen-bond donors (Lipinski definition) is 1. The molecule has 0 aliphatic rings. The number of ether oxygens (including phenoxy) is 3. The van der Waals surface area contributed by atoms with Gasteiger partial charge in [-0.15, -0.1) is 0 Å². The van der Waals surface area contributed by atoms with Gasteiger partial charge in [-0.25, -0.2) is 4.79 Å². The standard InChI is InChI=1S/C22H35NO5/c1-2-3-4-5-6-7-11-14-21(24)27-18-17-26-16-15-23-22(25)28-19-20-12-9-8-10-13-20/h8-10,12-13H,2-7,11,14-19H2,1H3,(H,23,25). The third-order valence-electron chi connectivity index (χ3n) is 4.20. The molecule has 1 aromatic carbocycles. The van der Waals surface area contributed by atoms with Gasteiger partial charge in [0.2, 0.25) is 0 Å². The summed E-state index contributed by atoms with van der Waals surface area (Å²) in [5.74, 6) is -0.167. The molecule has 0 aliphatic heterocycles. The highest BCUT2D eigenvalue weighted by molar-refractivity contribution is 5.69. The minimum Gasteiger partial charge on any atom is -0.463 e. The molecule has 158 valence electrons. The van der Waals surface area contributed by atoms with E-state index in [4.69, 9.17) is 14.2 Å². The van der Waals surface area contributed by atoms with E-state index < -0.39 is 6.09 Å². The van der Waals surface area contributed by atoms with Gasteiger partial charge in [0, 0.05) is 13.0 Å². The zero-order valence-corrected chi connectivity index (χ0v) is 17.1. The van der Waals surface area contributed by atoms with E-state index >= 15 is 0 Å². The van der Waals surface area contributed by atoms with Gasteiger partial charge in [0.15, 0.2) is 0 Å². The number of esters is 1. The van der Waals surface area contributed by atoms with Crippen LogP contribution in [0.4, 0.5) is 4.79 Å². The maximum atomic E-state index is 11.6. The molecule has 0 saturated heterocycles. The Hall–Kier alpha value is -2.08. The topological polar surface area (TPSA) is 73.9 Å². The van der Waals surface area contributed by atoms with Crippen molar-refractivity contribution in [2.45, 2.75) is 64.9 Å². The van der Waals surface area contributed by atoms with Crippen molar-refractivity contribution >= 4 is 12.1 Å². The van der Waals surface area contributed by atoms with E-state index in [9.17, 15) is 9.59 Å². The fourth-order valence-electron chi connectivity index (χ4n) is 2.61. The van der Waals surface area contributed by atoms with E-state index in [1.54, 1.807) is 0 Å². The number of amides is 1. The van der Waals surface area contributed by atoms with Gasteiger partial charge in [0.1, 0.15) is 13.2 Å². The zero-order valence-electron chi connectivity index (χ0n) is 17.1. The quantitative estimate of drug-likeness (QED) is 0.328. The summed E-state index contributed by atoms with van der Waals surface area (Å²) in [5, 5.41) is 2.61. The lowest BCUT2D eigenvalue weighted by Gasteiger charge is -2.08. The van der Waals surface area contributed by atoms with E-state index in [0.29, 0.717) is 26.2 Å². The first-order chi connectivity index (χ1) is 13.7. The SMILES string of the molecule is CCCCCCCCCC(=O)OCCOCCNC(=O)OCc1ccccc1. The summed E-state index contributed by atoms with van der Waals surface area (Å²) < 4.78 is 15.5. The van der Waals surface area contributed by atoms with Crippen molar-refractivity contribution in [3.8, 4) is 0 Å². The van der Waals surface area contributed by atoms with Crippen LogP contribution in [0.5, 0.6) is 0 Å². The fraction of sp³-hybridized carbons (Fsp3) is 0.636. The summed E-state index contributed by atoms with van der Waals surface area (Å²) >= 11 is 0. The summed E-state index contributed by atoms with van der Waals surface area (Å²) in [4.78, 5) is 23.1. The van der Waals surface area contributed by atoms with Gasteiger partial charge in [-0.2, -0.15) is 0 Å². The number of hydrogen-bond acceptors (Lipinski definition) is 5. The van der Waals surface area contributed by atoms with Gasteiger partial charge in [-0.1, -0.05) is 75.8 Å². The third kappa shape index (κ3) is 14.0. The Kier molecular flexibility index (Phi) is 14.6. The van der Waals surface area contributed by atoms with Crippen LogP contribution >= 0.6 is 0 Å². The van der Waals surface area contributed by atoms with Crippen molar-refractivity contribution < 1.29 is 23.8 Å². The second kappa shape index (κ2) is 17.0. The first kappa shape index (κ1) is 24.0. The van der Waals surface area contributed by atoms with Crippen LogP contribution in [0.3, 0.4) is 0 Å². The van der Waals surface area contributed by atoms with Gasteiger partial charge in [-0.05, 0) is 12.0 Å². The molecular weight excluding hydrogens is 358 g/mol. The molecule has 28 heavy (non-hydrogen) atoms. The summed E-state index contributed by atoms with van der Waals surface area (Å²) in [6.45, 7) is 3.70. The maximum Gasteiger partial charge on any atom is 0.407 e. The maximum absolute atomic E-state index is 11.6. The Labute approximate surface area is 168 Å². The first-order valence-electron chi connectivity index (χ1n) is 10.4. The second-order valence-electron chi connectivity index (χ2n) is 6.69. The molecule has 0 radical (unpaired) electrons.